The van der Waals surface area contributed by atoms with Crippen LogP contribution in [0, 0.1) is 15.5 Å². The number of rotatable bonds is 7. The molecule has 6 heteroatoms. The Bertz CT molecular complexity index is 486. The fraction of sp³-hybridized carbons (Fsp3) is 0.500. The molecule has 110 valence electrons. The molecule has 0 radical (unpaired) electrons. The van der Waals surface area contributed by atoms with Gasteiger partial charge in [0.05, 0.1) is 4.92 Å². The lowest BCUT2D eigenvalue weighted by Crippen LogP contribution is -2.20. The van der Waals surface area contributed by atoms with E-state index in [-0.39, 0.29) is 22.7 Å². The zero-order valence-electron chi connectivity index (χ0n) is 11.9. The van der Waals surface area contributed by atoms with Crippen molar-refractivity contribution in [3.05, 3.63) is 34.4 Å². The number of anilines is 1. The van der Waals surface area contributed by atoms with Crippen LogP contribution in [0.1, 0.15) is 33.1 Å². The lowest BCUT2D eigenvalue weighted by molar-refractivity contribution is -0.383. The summed E-state index contributed by atoms with van der Waals surface area (Å²) >= 11 is 0. The SMILES string of the molecule is CC(C)(CCN)CCC(=O)Nc1ccccc1[N+](=O)[O-]. The van der Waals surface area contributed by atoms with Crippen molar-refractivity contribution in [1.29, 1.82) is 0 Å². The number of nitrogens with one attached hydrogen (secondary N) is 1. The number of benzene rings is 1. The number of carbonyl (C=O) groups is 1. The summed E-state index contributed by atoms with van der Waals surface area (Å²) in [5.74, 6) is -0.218. The molecule has 0 spiro atoms. The lowest BCUT2D eigenvalue weighted by Gasteiger charge is -2.23. The highest BCUT2D eigenvalue weighted by Crippen LogP contribution is 2.27. The van der Waals surface area contributed by atoms with Crippen molar-refractivity contribution in [3.63, 3.8) is 0 Å². The van der Waals surface area contributed by atoms with E-state index in [1.807, 2.05) is 0 Å². The molecule has 0 aromatic heterocycles. The fourth-order valence-corrected chi connectivity index (χ4v) is 1.92. The Morgan fingerprint density at radius 3 is 2.60 bits per heavy atom. The van der Waals surface area contributed by atoms with E-state index in [0.29, 0.717) is 19.4 Å². The van der Waals surface area contributed by atoms with E-state index in [1.165, 1.54) is 12.1 Å². The highest BCUT2D eigenvalue weighted by molar-refractivity contribution is 5.93. The number of carbonyl (C=O) groups excluding carboxylic acids is 1. The summed E-state index contributed by atoms with van der Waals surface area (Å²) in [5.41, 5.74) is 5.66. The summed E-state index contributed by atoms with van der Waals surface area (Å²) in [6, 6.07) is 6.12. The Kier molecular flexibility index (Phi) is 5.64. The van der Waals surface area contributed by atoms with Gasteiger partial charge in [0.25, 0.3) is 5.69 Å². The lowest BCUT2D eigenvalue weighted by atomic mass is 9.84. The molecule has 0 fully saturated rings. The predicted octanol–water partition coefficient (Wildman–Crippen LogP) is 2.69. The van der Waals surface area contributed by atoms with Crippen LogP contribution in [-0.2, 0) is 4.79 Å². The second kappa shape index (κ2) is 7.00. The first-order valence-corrected chi connectivity index (χ1v) is 6.59. The van der Waals surface area contributed by atoms with Crippen LogP contribution in [0.5, 0.6) is 0 Å². The third-order valence-corrected chi connectivity index (χ3v) is 3.22. The van der Waals surface area contributed by atoms with Gasteiger partial charge >= 0.3 is 0 Å². The molecule has 1 rings (SSSR count). The molecule has 0 bridgehead atoms. The van der Waals surface area contributed by atoms with Crippen LogP contribution in [0.2, 0.25) is 0 Å². The molecule has 3 N–H and O–H groups in total. The van der Waals surface area contributed by atoms with Gasteiger partial charge in [-0.15, -0.1) is 0 Å². The second-order valence-electron chi connectivity index (χ2n) is 5.53. The predicted molar refractivity (Wildman–Crippen MR) is 78.4 cm³/mol. The van der Waals surface area contributed by atoms with E-state index in [2.05, 4.69) is 19.2 Å². The maximum Gasteiger partial charge on any atom is 0.292 e. The van der Waals surface area contributed by atoms with Crippen molar-refractivity contribution in [2.45, 2.75) is 33.1 Å². The van der Waals surface area contributed by atoms with Crippen LogP contribution < -0.4 is 11.1 Å². The largest absolute Gasteiger partial charge is 0.330 e. The molecule has 0 saturated carbocycles. The van der Waals surface area contributed by atoms with Gasteiger partial charge in [0.2, 0.25) is 5.91 Å². The van der Waals surface area contributed by atoms with E-state index < -0.39 is 4.92 Å². The van der Waals surface area contributed by atoms with Crippen LogP contribution in [0.15, 0.2) is 24.3 Å². The zero-order valence-corrected chi connectivity index (χ0v) is 11.9. The average Bonchev–Trinajstić information content (AvgIpc) is 2.37. The first-order valence-electron chi connectivity index (χ1n) is 6.59. The number of hydrogen-bond donors (Lipinski definition) is 2. The van der Waals surface area contributed by atoms with Gasteiger partial charge in [0.15, 0.2) is 0 Å². The Balaban J connectivity index is 2.61. The van der Waals surface area contributed by atoms with Crippen LogP contribution in [0.3, 0.4) is 0 Å². The fourth-order valence-electron chi connectivity index (χ4n) is 1.92. The van der Waals surface area contributed by atoms with Crippen LogP contribution in [-0.4, -0.2) is 17.4 Å². The monoisotopic (exact) mass is 279 g/mol. The van der Waals surface area contributed by atoms with Gasteiger partial charge in [-0.1, -0.05) is 26.0 Å². The molecule has 0 aliphatic heterocycles. The van der Waals surface area contributed by atoms with E-state index >= 15 is 0 Å². The first kappa shape index (κ1) is 16.1. The molecule has 0 heterocycles. The van der Waals surface area contributed by atoms with E-state index in [4.69, 9.17) is 5.73 Å². The van der Waals surface area contributed by atoms with Crippen molar-refractivity contribution in [2.24, 2.45) is 11.1 Å². The molecule has 1 aromatic rings. The quantitative estimate of drug-likeness (QED) is 0.592. The second-order valence-corrected chi connectivity index (χ2v) is 5.53. The van der Waals surface area contributed by atoms with Gasteiger partial charge in [-0.3, -0.25) is 14.9 Å². The molecule has 20 heavy (non-hydrogen) atoms. The minimum atomic E-state index is -0.506. The maximum absolute atomic E-state index is 11.9. The molecule has 0 aliphatic rings. The molecule has 0 unspecified atom stereocenters. The summed E-state index contributed by atoms with van der Waals surface area (Å²) in [6.45, 7) is 4.69. The molecular formula is C14H21N3O3. The molecule has 1 aromatic carbocycles. The topological polar surface area (TPSA) is 98.3 Å². The Morgan fingerprint density at radius 2 is 2.00 bits per heavy atom. The van der Waals surface area contributed by atoms with Crippen LogP contribution in [0.25, 0.3) is 0 Å². The van der Waals surface area contributed by atoms with Crippen LogP contribution >= 0.6 is 0 Å². The van der Waals surface area contributed by atoms with Gasteiger partial charge < -0.3 is 11.1 Å². The number of para-hydroxylation sites is 2. The molecule has 0 atom stereocenters. The van der Waals surface area contributed by atoms with Gasteiger partial charge in [-0.25, -0.2) is 0 Å². The summed E-state index contributed by atoms with van der Waals surface area (Å²) in [6.07, 6.45) is 1.85. The molecular weight excluding hydrogens is 258 g/mol. The first-order chi connectivity index (χ1) is 9.35. The summed E-state index contributed by atoms with van der Waals surface area (Å²) in [7, 11) is 0. The van der Waals surface area contributed by atoms with Gasteiger partial charge in [0.1, 0.15) is 5.69 Å². The Labute approximate surface area is 118 Å². The van der Waals surface area contributed by atoms with Gasteiger partial charge in [0, 0.05) is 12.5 Å². The smallest absolute Gasteiger partial charge is 0.292 e. The Morgan fingerprint density at radius 1 is 1.35 bits per heavy atom. The molecule has 6 nitrogen and oxygen atoms in total. The summed E-state index contributed by atoms with van der Waals surface area (Å²) < 4.78 is 0. The van der Waals surface area contributed by atoms with Crippen LogP contribution in [0.4, 0.5) is 11.4 Å². The number of nitrogens with zero attached hydrogens (tertiary/aromatic N) is 1. The van der Waals surface area contributed by atoms with Crippen molar-refractivity contribution >= 4 is 17.3 Å². The number of nitro groups is 1. The maximum atomic E-state index is 11.9. The number of nitro benzene ring substituents is 1. The van der Waals surface area contributed by atoms with Crippen molar-refractivity contribution in [2.75, 3.05) is 11.9 Å². The highest BCUT2D eigenvalue weighted by atomic mass is 16.6. The normalized spacial score (nSPS) is 11.2. The molecule has 0 aliphatic carbocycles. The van der Waals surface area contributed by atoms with Crippen molar-refractivity contribution in [1.82, 2.24) is 0 Å². The third-order valence-electron chi connectivity index (χ3n) is 3.22. The third kappa shape index (κ3) is 4.97. The summed E-state index contributed by atoms with van der Waals surface area (Å²) in [5, 5.41) is 13.4. The van der Waals surface area contributed by atoms with Crippen molar-refractivity contribution in [3.8, 4) is 0 Å². The van der Waals surface area contributed by atoms with E-state index in [9.17, 15) is 14.9 Å². The minimum Gasteiger partial charge on any atom is -0.330 e. The van der Waals surface area contributed by atoms with Gasteiger partial charge in [-0.05, 0) is 30.9 Å². The average molecular weight is 279 g/mol. The van der Waals surface area contributed by atoms with Gasteiger partial charge in [-0.2, -0.15) is 0 Å². The number of nitrogens with two attached hydrogens (primary N) is 1. The van der Waals surface area contributed by atoms with Crippen molar-refractivity contribution < 1.29 is 9.72 Å². The zero-order chi connectivity index (χ0) is 15.2. The Hall–Kier alpha value is -1.95. The van der Waals surface area contributed by atoms with E-state index in [0.717, 1.165) is 6.42 Å². The summed E-state index contributed by atoms with van der Waals surface area (Å²) in [4.78, 5) is 22.2. The molecule has 0 saturated heterocycles. The number of amides is 1. The highest BCUT2D eigenvalue weighted by Gasteiger charge is 2.20. The number of hydrogen-bond acceptors (Lipinski definition) is 4. The molecule has 1 amide bonds. The van der Waals surface area contributed by atoms with E-state index in [1.54, 1.807) is 12.1 Å². The minimum absolute atomic E-state index is 0.00525. The standard InChI is InChI=1S/C14H21N3O3/c1-14(2,9-10-15)8-7-13(18)16-11-5-3-4-6-12(11)17(19)20/h3-6H,7-10,15H2,1-2H3,(H,16,18).